The Kier molecular flexibility index (Phi) is 4.75. The van der Waals surface area contributed by atoms with Crippen molar-refractivity contribution in [1.82, 2.24) is 0 Å². The van der Waals surface area contributed by atoms with Gasteiger partial charge in [-0.2, -0.15) is 0 Å². The fourth-order valence-electron chi connectivity index (χ4n) is 5.22. The highest BCUT2D eigenvalue weighted by atomic mass is 16.3. The molecule has 0 amide bonds. The van der Waals surface area contributed by atoms with Gasteiger partial charge in [-0.15, -0.1) is 0 Å². The smallest absolute Gasteiger partial charge is 0.165 e. The summed E-state index contributed by atoms with van der Waals surface area (Å²) in [6.45, 7) is 0. The summed E-state index contributed by atoms with van der Waals surface area (Å²) in [6, 6.07) is 32.5. The Morgan fingerprint density at radius 1 is 0.371 bits per heavy atom. The van der Waals surface area contributed by atoms with Crippen molar-refractivity contribution in [2.24, 2.45) is 0 Å². The maximum Gasteiger partial charge on any atom is 0.165 e. The third-order valence-corrected chi connectivity index (χ3v) is 6.85. The minimum Gasteiger partial charge on any atom is -0.504 e. The molecule has 0 atom stereocenters. The van der Waals surface area contributed by atoms with Crippen LogP contribution >= 0.6 is 0 Å². The molecule has 0 aliphatic rings. The van der Waals surface area contributed by atoms with E-state index in [1.807, 2.05) is 54.6 Å². The predicted octanol–water partition coefficient (Wildman–Crippen LogP) is 7.15. The molecule has 6 rings (SSSR count). The zero-order valence-corrected chi connectivity index (χ0v) is 18.7. The van der Waals surface area contributed by atoms with Gasteiger partial charge in [-0.25, -0.2) is 0 Å². The van der Waals surface area contributed by atoms with Crippen molar-refractivity contribution >= 4 is 32.3 Å². The van der Waals surface area contributed by atoms with E-state index in [2.05, 4.69) is 24.3 Å². The van der Waals surface area contributed by atoms with E-state index in [1.54, 1.807) is 12.1 Å². The third kappa shape index (κ3) is 3.22. The van der Waals surface area contributed by atoms with Crippen LogP contribution in [0.4, 0.5) is 0 Å². The van der Waals surface area contributed by atoms with Gasteiger partial charge < -0.3 is 20.4 Å². The van der Waals surface area contributed by atoms with E-state index in [-0.39, 0.29) is 28.9 Å². The van der Waals surface area contributed by atoms with E-state index in [9.17, 15) is 20.4 Å². The number of aromatic hydroxyl groups is 4. The number of rotatable bonds is 3. The van der Waals surface area contributed by atoms with Gasteiger partial charge in [-0.05, 0) is 50.4 Å². The Morgan fingerprint density at radius 3 is 1.37 bits per heavy atom. The summed E-state index contributed by atoms with van der Waals surface area (Å²) in [5, 5.41) is 46.4. The van der Waals surface area contributed by atoms with Gasteiger partial charge in [-0.3, -0.25) is 0 Å². The molecule has 0 saturated heterocycles. The lowest BCUT2D eigenvalue weighted by molar-refractivity contribution is 0.408. The second kappa shape index (κ2) is 7.96. The molecule has 0 fully saturated rings. The molecule has 4 heteroatoms. The molecule has 0 bridgehead atoms. The van der Waals surface area contributed by atoms with E-state index >= 15 is 0 Å². The fraction of sp³-hybridized carbons (Fsp3) is 0.0323. The number of hydrogen-bond acceptors (Lipinski definition) is 4. The number of hydrogen-bond donors (Lipinski definition) is 4. The molecule has 6 aromatic carbocycles. The first-order valence-electron chi connectivity index (χ1n) is 11.4. The molecular formula is C31H22O4. The third-order valence-electron chi connectivity index (χ3n) is 6.85. The van der Waals surface area contributed by atoms with Crippen LogP contribution in [0.1, 0.15) is 22.6 Å². The van der Waals surface area contributed by atoms with E-state index in [0.717, 1.165) is 38.2 Å². The van der Waals surface area contributed by atoms with E-state index < -0.39 is 0 Å². The molecule has 4 nitrogen and oxygen atoms in total. The Hall–Kier alpha value is -4.70. The molecule has 0 radical (unpaired) electrons. The standard InChI is InChI=1S/C31H22O4/c32-27-16-14-20-23(10-4-12-25(20)30(27)34)29(22-9-3-7-18-6-1-2-8-19(18)22)24-11-5-13-26-21(24)15-17-28(33)31(26)35/h1-17,29,32-35H. The zero-order chi connectivity index (χ0) is 24.1. The number of phenols is 4. The highest BCUT2D eigenvalue weighted by Gasteiger charge is 2.24. The molecule has 0 aromatic heterocycles. The summed E-state index contributed by atoms with van der Waals surface area (Å²) < 4.78 is 0. The maximum absolute atomic E-state index is 10.6. The Balaban J connectivity index is 1.76. The molecule has 35 heavy (non-hydrogen) atoms. The van der Waals surface area contributed by atoms with Gasteiger partial charge in [0.2, 0.25) is 0 Å². The minimum atomic E-state index is -0.263. The molecule has 0 aliphatic heterocycles. The summed E-state index contributed by atoms with van der Waals surface area (Å²) in [5.74, 6) is -0.895. The van der Waals surface area contributed by atoms with Crippen molar-refractivity contribution in [3.63, 3.8) is 0 Å². The van der Waals surface area contributed by atoms with Gasteiger partial charge in [0.15, 0.2) is 23.0 Å². The first kappa shape index (κ1) is 20.9. The number of fused-ring (bicyclic) bond motifs is 3. The van der Waals surface area contributed by atoms with Crippen molar-refractivity contribution in [3.05, 3.63) is 120 Å². The molecule has 170 valence electrons. The van der Waals surface area contributed by atoms with Crippen molar-refractivity contribution in [3.8, 4) is 23.0 Å². The second-order valence-corrected chi connectivity index (χ2v) is 8.75. The van der Waals surface area contributed by atoms with Crippen LogP contribution in [0.5, 0.6) is 23.0 Å². The highest BCUT2D eigenvalue weighted by molar-refractivity contribution is 5.98. The Bertz CT molecular complexity index is 1660. The Morgan fingerprint density at radius 2 is 0.800 bits per heavy atom. The van der Waals surface area contributed by atoms with E-state index in [0.29, 0.717) is 10.8 Å². The minimum absolute atomic E-state index is 0.151. The first-order valence-corrected chi connectivity index (χ1v) is 11.4. The fourth-order valence-corrected chi connectivity index (χ4v) is 5.22. The summed E-state index contributed by atoms with van der Waals surface area (Å²) >= 11 is 0. The molecule has 4 N–H and O–H groups in total. The molecular weight excluding hydrogens is 436 g/mol. The van der Waals surface area contributed by atoms with Crippen molar-refractivity contribution in [2.45, 2.75) is 5.92 Å². The maximum atomic E-state index is 10.6. The van der Waals surface area contributed by atoms with Crippen LogP contribution in [0.2, 0.25) is 0 Å². The van der Waals surface area contributed by atoms with Crippen LogP contribution < -0.4 is 0 Å². The average Bonchev–Trinajstić information content (AvgIpc) is 2.89. The van der Waals surface area contributed by atoms with Crippen molar-refractivity contribution in [2.75, 3.05) is 0 Å². The largest absolute Gasteiger partial charge is 0.504 e. The average molecular weight is 459 g/mol. The summed E-state index contributed by atoms with van der Waals surface area (Å²) in [6.07, 6.45) is 0. The van der Waals surface area contributed by atoms with Crippen LogP contribution in [0, 0.1) is 0 Å². The highest BCUT2D eigenvalue weighted by Crippen LogP contribution is 2.45. The second-order valence-electron chi connectivity index (χ2n) is 8.75. The molecule has 0 heterocycles. The lowest BCUT2D eigenvalue weighted by Crippen LogP contribution is -2.06. The lowest BCUT2D eigenvalue weighted by atomic mass is 9.79. The van der Waals surface area contributed by atoms with Crippen LogP contribution in [-0.2, 0) is 0 Å². The molecule has 0 aliphatic carbocycles. The molecule has 0 unspecified atom stereocenters. The Labute approximate surface area is 201 Å². The van der Waals surface area contributed by atoms with Crippen LogP contribution in [0.3, 0.4) is 0 Å². The quantitative estimate of drug-likeness (QED) is 0.168. The summed E-state index contributed by atoms with van der Waals surface area (Å²) in [7, 11) is 0. The van der Waals surface area contributed by atoms with Crippen molar-refractivity contribution < 1.29 is 20.4 Å². The first-order chi connectivity index (χ1) is 17.0. The normalized spacial score (nSPS) is 11.6. The number of phenolic OH excluding ortho intramolecular Hbond substituents is 4. The van der Waals surface area contributed by atoms with Crippen molar-refractivity contribution in [1.29, 1.82) is 0 Å². The zero-order valence-electron chi connectivity index (χ0n) is 18.7. The monoisotopic (exact) mass is 458 g/mol. The van der Waals surface area contributed by atoms with Gasteiger partial charge >= 0.3 is 0 Å². The molecule has 6 aromatic rings. The van der Waals surface area contributed by atoms with Gasteiger partial charge in [0.25, 0.3) is 0 Å². The van der Waals surface area contributed by atoms with E-state index in [4.69, 9.17) is 0 Å². The van der Waals surface area contributed by atoms with Gasteiger partial charge in [-0.1, -0.05) is 91.0 Å². The van der Waals surface area contributed by atoms with Gasteiger partial charge in [0.05, 0.1) is 0 Å². The molecule has 0 saturated carbocycles. The van der Waals surface area contributed by atoms with Gasteiger partial charge in [0, 0.05) is 16.7 Å². The van der Waals surface area contributed by atoms with Crippen LogP contribution in [0.25, 0.3) is 32.3 Å². The molecule has 0 spiro atoms. The van der Waals surface area contributed by atoms with E-state index in [1.165, 1.54) is 12.1 Å². The SMILES string of the molecule is Oc1ccc2c(C(c3cccc4ccccc34)c3cccc4c(O)c(O)ccc34)cccc2c1O. The lowest BCUT2D eigenvalue weighted by Gasteiger charge is -2.24. The van der Waals surface area contributed by atoms with Gasteiger partial charge in [0.1, 0.15) is 0 Å². The van der Waals surface area contributed by atoms with Crippen LogP contribution in [-0.4, -0.2) is 20.4 Å². The summed E-state index contributed by atoms with van der Waals surface area (Å²) in [4.78, 5) is 0. The predicted molar refractivity (Wildman–Crippen MR) is 139 cm³/mol. The number of benzene rings is 6. The topological polar surface area (TPSA) is 80.9 Å². The summed E-state index contributed by atoms with van der Waals surface area (Å²) in [5.41, 5.74) is 2.98. The van der Waals surface area contributed by atoms with Crippen LogP contribution in [0.15, 0.2) is 103 Å².